The van der Waals surface area contributed by atoms with Gasteiger partial charge in [0.1, 0.15) is 23.9 Å². The fourth-order valence-corrected chi connectivity index (χ4v) is 8.57. The molecule has 13 heteroatoms. The lowest BCUT2D eigenvalue weighted by Gasteiger charge is -2.38. The fourth-order valence-electron chi connectivity index (χ4n) is 8.57. The highest BCUT2D eigenvalue weighted by Gasteiger charge is 2.53. The van der Waals surface area contributed by atoms with Crippen LogP contribution in [0.25, 0.3) is 11.0 Å². The SMILES string of the molecule is CCCC(=O)OCOC(=O)c1oc2ccccc2c1C1C[C@@H](C2CCCCC2)[C@@H](C(N)=O)N1C(=O)[C@H]1CC[C@H](C(CF)NC(=O)OC(C)(C)C)CC1. The molecule has 3 aliphatic rings. The van der Waals surface area contributed by atoms with Crippen LogP contribution in [-0.2, 0) is 28.6 Å². The molecule has 2 aromatic rings. The molecule has 2 unspecified atom stereocenters. The second-order valence-electron chi connectivity index (χ2n) is 15.6. The number of ether oxygens (including phenoxy) is 3. The third-order valence-electron chi connectivity index (χ3n) is 10.9. The second kappa shape index (κ2) is 17.1. The molecule has 5 rings (SSSR count). The van der Waals surface area contributed by atoms with Crippen LogP contribution >= 0.6 is 0 Å². The third kappa shape index (κ3) is 9.06. The topological polar surface area (TPSA) is 167 Å². The van der Waals surface area contributed by atoms with E-state index in [-0.39, 0.29) is 35.8 Å². The van der Waals surface area contributed by atoms with Crippen molar-refractivity contribution in [1.29, 1.82) is 0 Å². The number of hydrogen-bond acceptors (Lipinski definition) is 9. The van der Waals surface area contributed by atoms with Crippen molar-refractivity contribution in [2.24, 2.45) is 29.4 Å². The molecule has 0 spiro atoms. The van der Waals surface area contributed by atoms with Crippen LogP contribution in [0.4, 0.5) is 9.18 Å². The number of primary amides is 1. The summed E-state index contributed by atoms with van der Waals surface area (Å²) < 4.78 is 36.1. The molecule has 12 nitrogen and oxygen atoms in total. The Labute approximate surface area is 304 Å². The van der Waals surface area contributed by atoms with E-state index in [9.17, 15) is 28.4 Å². The lowest BCUT2D eigenvalue weighted by atomic mass is 9.75. The average Bonchev–Trinajstić information content (AvgIpc) is 3.70. The van der Waals surface area contributed by atoms with Crippen LogP contribution in [0.5, 0.6) is 0 Å². The zero-order chi connectivity index (χ0) is 37.6. The lowest BCUT2D eigenvalue weighted by Crippen LogP contribution is -2.51. The van der Waals surface area contributed by atoms with Gasteiger partial charge in [0, 0.05) is 23.3 Å². The highest BCUT2D eigenvalue weighted by Crippen LogP contribution is 2.51. The van der Waals surface area contributed by atoms with Crippen molar-refractivity contribution in [3.8, 4) is 0 Å². The van der Waals surface area contributed by atoms with Crippen molar-refractivity contribution in [3.63, 3.8) is 0 Å². The minimum Gasteiger partial charge on any atom is -0.449 e. The van der Waals surface area contributed by atoms with E-state index in [0.29, 0.717) is 55.1 Å². The number of furan rings is 1. The first kappa shape index (κ1) is 39.1. The van der Waals surface area contributed by atoms with Crippen LogP contribution in [0.15, 0.2) is 28.7 Å². The van der Waals surface area contributed by atoms with Crippen molar-refractivity contribution in [2.45, 2.75) is 128 Å². The van der Waals surface area contributed by atoms with Crippen molar-refractivity contribution in [1.82, 2.24) is 10.2 Å². The summed E-state index contributed by atoms with van der Waals surface area (Å²) in [6.45, 7) is 5.68. The van der Waals surface area contributed by atoms with Gasteiger partial charge >= 0.3 is 18.0 Å². The van der Waals surface area contributed by atoms with Gasteiger partial charge in [-0.05, 0) is 83.1 Å². The maximum atomic E-state index is 14.8. The number of likely N-dealkylation sites (tertiary alicyclic amines) is 1. The van der Waals surface area contributed by atoms with Crippen molar-refractivity contribution in [3.05, 3.63) is 35.6 Å². The molecular formula is C39H54FN3O9. The third-order valence-corrected chi connectivity index (χ3v) is 10.9. The van der Waals surface area contributed by atoms with Gasteiger partial charge in [0.15, 0.2) is 0 Å². The number of nitrogens with one attached hydrogen (secondary N) is 1. The van der Waals surface area contributed by atoms with Crippen LogP contribution in [-0.4, -0.2) is 65.9 Å². The van der Waals surface area contributed by atoms with Crippen molar-refractivity contribution in [2.75, 3.05) is 13.5 Å². The predicted octanol–water partition coefficient (Wildman–Crippen LogP) is 6.88. The molecule has 2 heterocycles. The number of carbonyl (C=O) groups excluding carboxylic acids is 5. The number of alkyl carbamates (subject to hydrolysis) is 1. The first-order valence-electron chi connectivity index (χ1n) is 18.8. The Morgan fingerprint density at radius 2 is 1.69 bits per heavy atom. The molecular weight excluding hydrogens is 673 g/mol. The number of carbonyl (C=O) groups is 5. The minimum absolute atomic E-state index is 0.120. The van der Waals surface area contributed by atoms with Crippen LogP contribution in [0.3, 0.4) is 0 Å². The van der Waals surface area contributed by atoms with Crippen LogP contribution < -0.4 is 11.1 Å². The van der Waals surface area contributed by atoms with E-state index in [1.165, 1.54) is 0 Å². The largest absolute Gasteiger partial charge is 0.449 e. The fraction of sp³-hybridized carbons (Fsp3) is 0.667. The summed E-state index contributed by atoms with van der Waals surface area (Å²) in [7, 11) is 0. The Kier molecular flexibility index (Phi) is 12.9. The van der Waals surface area contributed by atoms with E-state index in [1.54, 1.807) is 37.8 Å². The van der Waals surface area contributed by atoms with Crippen molar-refractivity contribution < 1.29 is 47.0 Å². The Balaban J connectivity index is 1.44. The molecule has 1 saturated heterocycles. The quantitative estimate of drug-likeness (QED) is 0.175. The smallest absolute Gasteiger partial charge is 0.407 e. The van der Waals surface area contributed by atoms with Gasteiger partial charge in [-0.25, -0.2) is 14.0 Å². The number of nitrogens with zero attached hydrogens (tertiary/aromatic N) is 1. The maximum Gasteiger partial charge on any atom is 0.407 e. The Morgan fingerprint density at radius 1 is 1.00 bits per heavy atom. The number of hydrogen-bond donors (Lipinski definition) is 2. The van der Waals surface area contributed by atoms with Crippen LogP contribution in [0.1, 0.15) is 127 Å². The van der Waals surface area contributed by atoms with E-state index in [2.05, 4.69) is 5.32 Å². The molecule has 4 atom stereocenters. The van der Waals surface area contributed by atoms with Gasteiger partial charge in [-0.1, -0.05) is 57.2 Å². The zero-order valence-electron chi connectivity index (χ0n) is 30.8. The normalized spacial score (nSPS) is 24.6. The van der Waals surface area contributed by atoms with Gasteiger partial charge in [0.25, 0.3) is 0 Å². The van der Waals surface area contributed by atoms with E-state index in [4.69, 9.17) is 24.4 Å². The first-order chi connectivity index (χ1) is 24.8. The summed E-state index contributed by atoms with van der Waals surface area (Å²) in [6, 6.07) is 4.72. The molecule has 3 amide bonds. The molecule has 0 bridgehead atoms. The lowest BCUT2D eigenvalue weighted by molar-refractivity contribution is -0.152. The molecule has 3 fully saturated rings. The summed E-state index contributed by atoms with van der Waals surface area (Å²) in [4.78, 5) is 67.9. The number of benzene rings is 1. The molecule has 286 valence electrons. The monoisotopic (exact) mass is 727 g/mol. The standard InChI is InChI=1S/C39H54FN3O9/c1-5-11-31(44)49-22-50-37(47)34-32(26-14-9-10-15-30(26)51-34)29-20-27(23-12-7-6-8-13-23)33(35(41)45)43(29)36(46)25-18-16-24(17-19-25)28(21-40)42-38(48)52-39(2,3)4/h9-10,14-15,23-25,27-29,33H,5-8,11-13,16-22H2,1-4H3,(H2,41,45)(H,42,48)/t24-,25-,27-,28?,29?,33-/m0/s1. The summed E-state index contributed by atoms with van der Waals surface area (Å²) in [6.07, 6.45) is 7.24. The molecule has 2 aliphatic carbocycles. The first-order valence-corrected chi connectivity index (χ1v) is 18.8. The Hall–Kier alpha value is -4.16. The molecule has 1 aromatic carbocycles. The molecule has 3 N–H and O–H groups in total. The number of nitrogens with two attached hydrogens (primary N) is 1. The number of amides is 3. The predicted molar refractivity (Wildman–Crippen MR) is 189 cm³/mol. The van der Waals surface area contributed by atoms with Gasteiger partial charge in [-0.2, -0.15) is 0 Å². The Morgan fingerprint density at radius 3 is 2.33 bits per heavy atom. The number of halogens is 1. The van der Waals surface area contributed by atoms with Gasteiger partial charge < -0.3 is 34.6 Å². The second-order valence-corrected chi connectivity index (χ2v) is 15.6. The zero-order valence-corrected chi connectivity index (χ0v) is 30.8. The molecule has 2 saturated carbocycles. The van der Waals surface area contributed by atoms with Gasteiger partial charge in [0.05, 0.1) is 12.1 Å². The maximum absolute atomic E-state index is 14.8. The Bertz CT molecular complexity index is 1590. The summed E-state index contributed by atoms with van der Waals surface area (Å²) in [5.74, 6) is -3.08. The van der Waals surface area contributed by atoms with Crippen LogP contribution in [0, 0.1) is 23.7 Å². The highest BCUT2D eigenvalue weighted by molar-refractivity contribution is 5.98. The van der Waals surface area contributed by atoms with Gasteiger partial charge in [0.2, 0.25) is 24.4 Å². The minimum atomic E-state index is -0.904. The number of alkyl halides is 1. The summed E-state index contributed by atoms with van der Waals surface area (Å²) >= 11 is 0. The van der Waals surface area contributed by atoms with Crippen molar-refractivity contribution >= 4 is 40.8 Å². The van der Waals surface area contributed by atoms with E-state index >= 15 is 0 Å². The van der Waals surface area contributed by atoms with E-state index in [0.717, 1.165) is 32.1 Å². The molecule has 1 aliphatic heterocycles. The van der Waals surface area contributed by atoms with Gasteiger partial charge in [-0.15, -0.1) is 0 Å². The number of esters is 2. The number of rotatable bonds is 12. The van der Waals surface area contributed by atoms with E-state index in [1.807, 2.05) is 19.1 Å². The summed E-state index contributed by atoms with van der Waals surface area (Å²) in [5, 5.41) is 3.27. The highest BCUT2D eigenvalue weighted by atomic mass is 19.1. The molecule has 52 heavy (non-hydrogen) atoms. The molecule has 0 radical (unpaired) electrons. The average molecular weight is 728 g/mol. The van der Waals surface area contributed by atoms with E-state index < -0.39 is 67.1 Å². The van der Waals surface area contributed by atoms with Crippen LogP contribution in [0.2, 0.25) is 0 Å². The number of fused-ring (bicyclic) bond motifs is 1. The number of para-hydroxylation sites is 1. The van der Waals surface area contributed by atoms with Gasteiger partial charge in [-0.3, -0.25) is 14.4 Å². The molecule has 1 aromatic heterocycles. The summed E-state index contributed by atoms with van der Waals surface area (Å²) in [5.41, 5.74) is 6.29.